The minimum absolute atomic E-state index is 0.0117. The lowest BCUT2D eigenvalue weighted by molar-refractivity contribution is -0.265. The van der Waals surface area contributed by atoms with Crippen LogP contribution in [-0.2, 0) is 59.0 Å². The predicted molar refractivity (Wildman–Crippen MR) is 276 cm³/mol. The number of ether oxygens (including phenoxy) is 6. The normalized spacial score (nSPS) is 37.2. The summed E-state index contributed by atoms with van der Waals surface area (Å²) in [5.41, 5.74) is 2.19. The maximum Gasteiger partial charge on any atom is 0.329 e. The molecule has 1 aromatic carbocycles. The number of allylic oxidation sites excluding steroid dienone is 6. The lowest BCUT2D eigenvalue weighted by atomic mass is 9.78. The molecule has 15 nitrogen and oxygen atoms in total. The topological polar surface area (TPSA) is 205 Å². The lowest BCUT2D eigenvalue weighted by Gasteiger charge is -2.42. The van der Waals surface area contributed by atoms with Crippen LogP contribution in [0.2, 0.25) is 0 Å². The van der Waals surface area contributed by atoms with Gasteiger partial charge in [-0.2, -0.15) is 0 Å². The molecule has 406 valence electrons. The highest BCUT2D eigenvalue weighted by atomic mass is 16.6. The van der Waals surface area contributed by atoms with Gasteiger partial charge in [0, 0.05) is 58.5 Å². The Morgan fingerprint density at radius 1 is 0.822 bits per heavy atom. The van der Waals surface area contributed by atoms with Crippen molar-refractivity contribution in [3.05, 3.63) is 77.4 Å². The van der Waals surface area contributed by atoms with E-state index >= 15 is 0 Å². The van der Waals surface area contributed by atoms with Gasteiger partial charge in [-0.25, -0.2) is 4.79 Å². The van der Waals surface area contributed by atoms with Crippen LogP contribution in [0.25, 0.3) is 0 Å². The van der Waals surface area contributed by atoms with Crippen LogP contribution in [0.5, 0.6) is 5.75 Å². The van der Waals surface area contributed by atoms with E-state index in [1.165, 1.54) is 12.0 Å². The molecular weight excluding hydrogens is 935 g/mol. The average molecular weight is 1020 g/mol. The average Bonchev–Trinajstić information content (AvgIpc) is 3.37. The molecule has 4 aliphatic rings. The van der Waals surface area contributed by atoms with E-state index in [-0.39, 0.29) is 66.7 Å². The largest absolute Gasteiger partial charge is 0.508 e. The van der Waals surface area contributed by atoms with Gasteiger partial charge in [0.05, 0.1) is 31.0 Å². The summed E-state index contributed by atoms with van der Waals surface area (Å²) in [5, 5.41) is 33.3. The number of phenolic OH excluding ortho intramolecular Hbond substituents is 1. The van der Waals surface area contributed by atoms with Crippen molar-refractivity contribution in [3.63, 3.8) is 0 Å². The maximum atomic E-state index is 14.6. The number of aliphatic hydroxyl groups is 2. The Morgan fingerprint density at radius 2 is 1.55 bits per heavy atom. The highest BCUT2D eigenvalue weighted by molar-refractivity contribution is 6.39. The number of benzene rings is 1. The smallest absolute Gasteiger partial charge is 0.329 e. The van der Waals surface area contributed by atoms with Crippen molar-refractivity contribution in [2.24, 2.45) is 35.5 Å². The molecule has 15 heteroatoms. The number of esters is 1. The number of nitrogens with zero attached hydrogens (tertiary/aromatic N) is 1. The number of aromatic hydroxyl groups is 1. The molecule has 0 unspecified atom stereocenters. The number of rotatable bonds is 9. The van der Waals surface area contributed by atoms with Crippen molar-refractivity contribution in [3.8, 4) is 5.75 Å². The van der Waals surface area contributed by atoms with Gasteiger partial charge in [0.1, 0.15) is 35.9 Å². The van der Waals surface area contributed by atoms with Crippen LogP contribution in [0.4, 0.5) is 0 Å². The van der Waals surface area contributed by atoms with Crippen LogP contribution < -0.4 is 0 Å². The van der Waals surface area contributed by atoms with Crippen LogP contribution in [0.15, 0.2) is 71.9 Å². The summed E-state index contributed by atoms with van der Waals surface area (Å²) >= 11 is 0. The fraction of sp³-hybridized carbons (Fsp3) is 0.672. The second-order valence-corrected chi connectivity index (χ2v) is 21.5. The number of hydrogen-bond acceptors (Lipinski definition) is 14. The predicted octanol–water partition coefficient (Wildman–Crippen LogP) is 8.11. The molecule has 1 amide bonds. The van der Waals surface area contributed by atoms with E-state index in [2.05, 4.69) is 0 Å². The number of amides is 1. The molecule has 5 rings (SSSR count). The van der Waals surface area contributed by atoms with Gasteiger partial charge in [0.2, 0.25) is 5.79 Å². The second kappa shape index (κ2) is 28.0. The van der Waals surface area contributed by atoms with Gasteiger partial charge in [-0.15, -0.1) is 0 Å². The van der Waals surface area contributed by atoms with E-state index in [0.29, 0.717) is 70.0 Å². The van der Waals surface area contributed by atoms with E-state index in [9.17, 15) is 39.3 Å². The van der Waals surface area contributed by atoms with E-state index in [4.69, 9.17) is 28.4 Å². The minimum Gasteiger partial charge on any atom is -0.508 e. The van der Waals surface area contributed by atoms with Crippen molar-refractivity contribution in [2.75, 3.05) is 27.9 Å². The highest BCUT2D eigenvalue weighted by Gasteiger charge is 2.53. The molecule has 15 atom stereocenters. The van der Waals surface area contributed by atoms with Crippen molar-refractivity contribution in [1.82, 2.24) is 4.90 Å². The Bertz CT molecular complexity index is 2130. The first-order valence-corrected chi connectivity index (χ1v) is 26.6. The minimum atomic E-state index is -2.44. The van der Waals surface area contributed by atoms with Gasteiger partial charge in [-0.05, 0) is 125 Å². The number of Topliss-reactive ketones (excluding diaryl/α,β-unsaturated/α-hetero) is 3. The number of cyclic esters (lactones) is 1. The Hall–Kier alpha value is -4.35. The first-order chi connectivity index (χ1) is 34.7. The number of ketones is 3. The summed E-state index contributed by atoms with van der Waals surface area (Å²) in [6.45, 7) is 13.2. The first kappa shape index (κ1) is 59.5. The fourth-order valence-corrected chi connectivity index (χ4v) is 11.1. The molecule has 1 saturated carbocycles. The van der Waals surface area contributed by atoms with Crippen LogP contribution in [0.3, 0.4) is 0 Å². The zero-order valence-corrected chi connectivity index (χ0v) is 45.0. The standard InChI is InChI=1S/C58H85NO14/c1-35-16-12-11-13-17-36(2)49(68-8)32-45-25-19-41(7)58(67,73-45)55(64)56(65)59-27-15-14-18-46(59)57(66)72-50(33-47(61)37(3)29-40(6)53(63)54(70-10)52(62)39(5)28-35)38(4)30-43-22-26-48(51(31-43)69-9)71-34-42-20-23-44(60)24-21-42/h11-13,16-17,20-21,23-24,29,35,37-39,41,43,45-46,48-51,53-54,60,63,67H,14-15,18-19,22,25-28,30-34H2,1-10H3/b13-11+,16-12+,36-17+,40-29+/t35-,37-,38-,39-,41-,43-,45+,46+,48-,49+,50+,51-,53-,54+,58-/m1/s1. The van der Waals surface area contributed by atoms with E-state index in [1.54, 1.807) is 53.2 Å². The zero-order valence-electron chi connectivity index (χ0n) is 45.0. The van der Waals surface area contributed by atoms with Gasteiger partial charge < -0.3 is 48.6 Å². The monoisotopic (exact) mass is 1020 g/mol. The molecule has 3 aliphatic heterocycles. The number of piperidine rings is 1. The third kappa shape index (κ3) is 16.1. The molecule has 0 aromatic heterocycles. The molecule has 3 N–H and O–H groups in total. The number of phenols is 1. The molecular formula is C58H85NO14. The van der Waals surface area contributed by atoms with E-state index in [1.807, 2.05) is 70.2 Å². The van der Waals surface area contributed by atoms with Gasteiger partial charge in [-0.3, -0.25) is 19.2 Å². The number of aliphatic hydroxyl groups excluding tert-OH is 1. The van der Waals surface area contributed by atoms with Gasteiger partial charge >= 0.3 is 5.97 Å². The summed E-state index contributed by atoms with van der Waals surface area (Å²) < 4.78 is 36.3. The Kier molecular flexibility index (Phi) is 22.8. The van der Waals surface area contributed by atoms with Gasteiger partial charge in [0.15, 0.2) is 5.78 Å². The van der Waals surface area contributed by atoms with Crippen molar-refractivity contribution >= 4 is 29.2 Å². The Labute approximate surface area is 433 Å². The van der Waals surface area contributed by atoms with Crippen LogP contribution >= 0.6 is 0 Å². The molecule has 2 saturated heterocycles. The summed E-state index contributed by atoms with van der Waals surface area (Å²) in [4.78, 5) is 72.6. The number of hydrogen-bond donors (Lipinski definition) is 3. The number of methoxy groups -OCH3 is 3. The van der Waals surface area contributed by atoms with Crippen molar-refractivity contribution < 1.29 is 67.7 Å². The third-order valence-corrected chi connectivity index (χ3v) is 15.9. The Balaban J connectivity index is 1.44. The van der Waals surface area contributed by atoms with Crippen LogP contribution in [0.1, 0.15) is 131 Å². The van der Waals surface area contributed by atoms with Crippen LogP contribution in [0, 0.1) is 35.5 Å². The second-order valence-electron chi connectivity index (χ2n) is 21.5. The molecule has 1 aromatic rings. The Morgan fingerprint density at radius 3 is 2.23 bits per heavy atom. The summed E-state index contributed by atoms with van der Waals surface area (Å²) in [6, 6.07) is 5.72. The number of carbonyl (C=O) groups excluding carboxylic acids is 5. The highest BCUT2D eigenvalue weighted by Crippen LogP contribution is 2.38. The van der Waals surface area contributed by atoms with Crippen molar-refractivity contribution in [1.29, 1.82) is 0 Å². The summed E-state index contributed by atoms with van der Waals surface area (Å²) in [5.74, 6) is -7.83. The maximum absolute atomic E-state index is 14.6. The molecule has 2 bridgehead atoms. The first-order valence-electron chi connectivity index (χ1n) is 26.6. The van der Waals surface area contributed by atoms with Crippen molar-refractivity contribution in [2.45, 2.75) is 187 Å². The van der Waals surface area contributed by atoms with Gasteiger partial charge in [-0.1, -0.05) is 83.2 Å². The summed E-state index contributed by atoms with van der Waals surface area (Å²) in [6.07, 6.45) is 12.0. The molecule has 0 spiro atoms. The lowest BCUT2D eigenvalue weighted by Crippen LogP contribution is -2.61. The van der Waals surface area contributed by atoms with Gasteiger partial charge in [0.25, 0.3) is 11.7 Å². The quantitative estimate of drug-likeness (QED) is 0.122. The molecule has 3 heterocycles. The zero-order chi connectivity index (χ0) is 53.6. The molecule has 1 aliphatic carbocycles. The molecule has 73 heavy (non-hydrogen) atoms. The number of fused-ring (bicyclic) bond motifs is 3. The third-order valence-electron chi connectivity index (χ3n) is 15.9. The fourth-order valence-electron chi connectivity index (χ4n) is 11.1. The number of carbonyl (C=O) groups is 5. The van der Waals surface area contributed by atoms with E-state index < -0.39 is 77.8 Å². The molecule has 0 radical (unpaired) electrons. The van der Waals surface area contributed by atoms with E-state index in [0.717, 1.165) is 17.6 Å². The van der Waals surface area contributed by atoms with Crippen LogP contribution in [-0.4, -0.2) is 132 Å². The SMILES string of the molecule is CO[C@H]1C[C@@H]2CC[C@@H](C)[C@@](O)(O2)C(=O)C(=O)N2CCCC[C@H]2C(=O)O[C@H]([C@H](C)C[C@H]2CC[C@@H](OCc3ccc(O)cc3)[C@H](OC)C2)CC(=O)[C@H](C)/C=C(\C)[C@@H](O)[C@@H](OC)C(=O)[C@H](C)C[C@H](C)/C=C/C=C/C=C/1C. The summed E-state index contributed by atoms with van der Waals surface area (Å²) in [7, 11) is 4.62. The molecule has 3 fully saturated rings.